The first-order valence-corrected chi connectivity index (χ1v) is 8.87. The number of aromatic nitrogens is 3. The number of carbonyl (C=O) groups excluding carboxylic acids is 1. The van der Waals surface area contributed by atoms with E-state index >= 15 is 0 Å². The maximum atomic E-state index is 14.0. The Kier molecular flexibility index (Phi) is 3.45. The van der Waals surface area contributed by atoms with Crippen molar-refractivity contribution in [1.29, 1.82) is 0 Å². The fourth-order valence-corrected chi connectivity index (χ4v) is 4.01. The molecule has 29 heavy (non-hydrogen) atoms. The molecule has 5 rings (SSSR count). The third-order valence-corrected chi connectivity index (χ3v) is 5.30. The standard InChI is InChI=1S/C20H13FN4O4/c21-12-6-7-13-14(10-12)24-15(26)8-9-20(24,19(28)29)25-17(13)22-18(27)16(23-25)11-4-2-1-3-5-11/h1-7,10H,8-9H2,(H,28,29). The van der Waals surface area contributed by atoms with Crippen LogP contribution in [0.1, 0.15) is 12.8 Å². The summed E-state index contributed by atoms with van der Waals surface area (Å²) < 4.78 is 15.1. The highest BCUT2D eigenvalue weighted by molar-refractivity contribution is 6.07. The molecule has 2 aromatic carbocycles. The van der Waals surface area contributed by atoms with Gasteiger partial charge in [-0.25, -0.2) is 13.9 Å². The van der Waals surface area contributed by atoms with E-state index in [9.17, 15) is 23.9 Å². The summed E-state index contributed by atoms with van der Waals surface area (Å²) in [5.41, 5.74) is -1.78. The van der Waals surface area contributed by atoms with Crippen LogP contribution in [0.3, 0.4) is 0 Å². The molecule has 0 radical (unpaired) electrons. The van der Waals surface area contributed by atoms with E-state index in [1.165, 1.54) is 6.07 Å². The SMILES string of the molecule is O=C1CCC2(C(=O)O)N1c1cc(F)ccc1-c1nc(=O)c(-c3ccccc3)nn12. The molecule has 1 atom stereocenters. The summed E-state index contributed by atoms with van der Waals surface area (Å²) in [6.45, 7) is 0. The van der Waals surface area contributed by atoms with E-state index in [-0.39, 0.29) is 35.6 Å². The molecule has 1 amide bonds. The summed E-state index contributed by atoms with van der Waals surface area (Å²) in [5, 5.41) is 14.5. The van der Waals surface area contributed by atoms with Crippen LogP contribution in [0, 0.1) is 5.82 Å². The zero-order valence-electron chi connectivity index (χ0n) is 14.9. The van der Waals surface area contributed by atoms with Crippen molar-refractivity contribution in [2.75, 3.05) is 4.90 Å². The molecule has 1 N–H and O–H groups in total. The summed E-state index contributed by atoms with van der Waals surface area (Å²) >= 11 is 0. The average Bonchev–Trinajstić information content (AvgIpc) is 3.07. The number of fused-ring (bicyclic) bond motifs is 6. The number of hydrogen-bond acceptors (Lipinski definition) is 5. The predicted octanol–water partition coefficient (Wildman–Crippen LogP) is 1.99. The van der Waals surface area contributed by atoms with Gasteiger partial charge in [0.25, 0.3) is 5.56 Å². The van der Waals surface area contributed by atoms with E-state index in [4.69, 9.17) is 0 Å². The minimum absolute atomic E-state index is 0.0157. The number of anilines is 1. The zero-order valence-corrected chi connectivity index (χ0v) is 14.9. The molecule has 0 spiro atoms. The first-order valence-electron chi connectivity index (χ1n) is 8.87. The van der Waals surface area contributed by atoms with Gasteiger partial charge < -0.3 is 5.11 Å². The lowest BCUT2D eigenvalue weighted by molar-refractivity contribution is -0.148. The second kappa shape index (κ2) is 5.81. The molecular weight excluding hydrogens is 379 g/mol. The highest BCUT2D eigenvalue weighted by atomic mass is 19.1. The van der Waals surface area contributed by atoms with Crippen LogP contribution in [0.5, 0.6) is 0 Å². The smallest absolute Gasteiger partial charge is 0.353 e. The Bertz CT molecular complexity index is 1260. The zero-order chi connectivity index (χ0) is 20.3. The first-order chi connectivity index (χ1) is 13.9. The van der Waals surface area contributed by atoms with E-state index in [0.717, 1.165) is 21.7 Å². The number of carboxylic acid groups (broad SMARTS) is 1. The molecule has 144 valence electrons. The van der Waals surface area contributed by atoms with E-state index in [2.05, 4.69) is 10.1 Å². The maximum Gasteiger partial charge on any atom is 0.353 e. The molecule has 0 saturated carbocycles. The second-order valence-electron chi connectivity index (χ2n) is 6.88. The number of aliphatic carboxylic acids is 1. The summed E-state index contributed by atoms with van der Waals surface area (Å²) in [5.74, 6) is -2.45. The Balaban J connectivity index is 1.90. The van der Waals surface area contributed by atoms with E-state index in [1.54, 1.807) is 30.3 Å². The van der Waals surface area contributed by atoms with Gasteiger partial charge in [0.1, 0.15) is 5.82 Å². The monoisotopic (exact) mass is 392 g/mol. The molecule has 1 aromatic heterocycles. The Morgan fingerprint density at radius 3 is 2.62 bits per heavy atom. The molecule has 8 nitrogen and oxygen atoms in total. The van der Waals surface area contributed by atoms with E-state index in [1.807, 2.05) is 0 Å². The Morgan fingerprint density at radius 1 is 1.14 bits per heavy atom. The molecule has 3 heterocycles. The van der Waals surface area contributed by atoms with Crippen molar-refractivity contribution < 1.29 is 19.1 Å². The van der Waals surface area contributed by atoms with Crippen LogP contribution >= 0.6 is 0 Å². The highest BCUT2D eigenvalue weighted by Gasteiger charge is 2.58. The normalized spacial score (nSPS) is 19.5. The van der Waals surface area contributed by atoms with Crippen LogP contribution in [-0.2, 0) is 15.3 Å². The number of hydrogen-bond donors (Lipinski definition) is 1. The van der Waals surface area contributed by atoms with Gasteiger partial charge in [-0.1, -0.05) is 30.3 Å². The molecule has 2 aliphatic rings. The molecule has 1 saturated heterocycles. The number of rotatable bonds is 2. The third-order valence-electron chi connectivity index (χ3n) is 5.30. The van der Waals surface area contributed by atoms with Crippen LogP contribution in [0.4, 0.5) is 10.1 Å². The van der Waals surface area contributed by atoms with Crippen LogP contribution in [-0.4, -0.2) is 31.7 Å². The highest BCUT2D eigenvalue weighted by Crippen LogP contribution is 2.48. The van der Waals surface area contributed by atoms with Crippen molar-refractivity contribution in [3.8, 4) is 22.6 Å². The Labute approximate surface area is 162 Å². The lowest BCUT2D eigenvalue weighted by Crippen LogP contribution is -2.58. The van der Waals surface area contributed by atoms with Crippen molar-refractivity contribution in [2.24, 2.45) is 0 Å². The van der Waals surface area contributed by atoms with Gasteiger partial charge in [0.2, 0.25) is 11.6 Å². The average molecular weight is 392 g/mol. The molecule has 2 aliphatic heterocycles. The molecule has 3 aromatic rings. The Hall–Kier alpha value is -3.88. The molecule has 0 aliphatic carbocycles. The fraction of sp³-hybridized carbons (Fsp3) is 0.150. The molecule has 1 unspecified atom stereocenters. The van der Waals surface area contributed by atoms with Crippen LogP contribution < -0.4 is 10.5 Å². The van der Waals surface area contributed by atoms with Crippen molar-refractivity contribution in [3.63, 3.8) is 0 Å². The number of nitrogens with zero attached hydrogens (tertiary/aromatic N) is 4. The van der Waals surface area contributed by atoms with Gasteiger partial charge in [0, 0.05) is 24.0 Å². The van der Waals surface area contributed by atoms with Gasteiger partial charge in [-0.05, 0) is 18.2 Å². The minimum atomic E-state index is -1.92. The first kappa shape index (κ1) is 17.2. The number of carbonyl (C=O) groups is 2. The predicted molar refractivity (Wildman–Crippen MR) is 99.5 cm³/mol. The molecule has 1 fully saturated rings. The van der Waals surface area contributed by atoms with Gasteiger partial charge in [-0.3, -0.25) is 14.5 Å². The quantitative estimate of drug-likeness (QED) is 0.715. The van der Waals surface area contributed by atoms with Gasteiger partial charge in [0.05, 0.1) is 5.69 Å². The lowest BCUT2D eigenvalue weighted by atomic mass is 10.00. The van der Waals surface area contributed by atoms with Crippen molar-refractivity contribution in [1.82, 2.24) is 14.8 Å². The van der Waals surface area contributed by atoms with Gasteiger partial charge in [0.15, 0.2) is 11.5 Å². The van der Waals surface area contributed by atoms with Crippen LogP contribution in [0.2, 0.25) is 0 Å². The largest absolute Gasteiger partial charge is 0.478 e. The minimum Gasteiger partial charge on any atom is -0.478 e. The molecular formula is C20H13FN4O4. The molecule has 0 bridgehead atoms. The number of amides is 1. The lowest BCUT2D eigenvalue weighted by Gasteiger charge is -2.41. The van der Waals surface area contributed by atoms with Gasteiger partial charge in [-0.15, -0.1) is 0 Å². The van der Waals surface area contributed by atoms with E-state index < -0.39 is 28.9 Å². The number of benzene rings is 2. The molecule has 9 heteroatoms. The van der Waals surface area contributed by atoms with Gasteiger partial charge in [-0.2, -0.15) is 10.1 Å². The van der Waals surface area contributed by atoms with Crippen molar-refractivity contribution >= 4 is 17.6 Å². The summed E-state index contributed by atoms with van der Waals surface area (Å²) in [4.78, 5) is 42.9. The summed E-state index contributed by atoms with van der Waals surface area (Å²) in [7, 11) is 0. The van der Waals surface area contributed by atoms with Crippen molar-refractivity contribution in [2.45, 2.75) is 18.5 Å². The Morgan fingerprint density at radius 2 is 1.90 bits per heavy atom. The van der Waals surface area contributed by atoms with Crippen LogP contribution in [0.15, 0.2) is 53.3 Å². The fourth-order valence-electron chi connectivity index (χ4n) is 4.01. The summed E-state index contributed by atoms with van der Waals surface area (Å²) in [6, 6.07) is 12.1. The van der Waals surface area contributed by atoms with Crippen molar-refractivity contribution in [3.05, 3.63) is 64.7 Å². The number of halogens is 1. The van der Waals surface area contributed by atoms with Gasteiger partial charge >= 0.3 is 5.97 Å². The topological polar surface area (TPSA) is 105 Å². The van der Waals surface area contributed by atoms with Crippen LogP contribution in [0.25, 0.3) is 22.6 Å². The third kappa shape index (κ3) is 2.21. The maximum absolute atomic E-state index is 14.0. The second-order valence-corrected chi connectivity index (χ2v) is 6.88. The number of carboxylic acids is 1. The summed E-state index contributed by atoms with van der Waals surface area (Å²) in [6.07, 6.45) is -0.147. The van der Waals surface area contributed by atoms with E-state index in [0.29, 0.717) is 5.56 Å².